The smallest absolute Gasteiger partial charge is 0.259 e. The molecule has 0 amide bonds. The van der Waals surface area contributed by atoms with Gasteiger partial charge in [-0.05, 0) is 25.3 Å². The van der Waals surface area contributed by atoms with Crippen LogP contribution in [0.15, 0.2) is 18.5 Å². The van der Waals surface area contributed by atoms with Gasteiger partial charge in [-0.15, -0.1) is 0 Å². The third-order valence-corrected chi connectivity index (χ3v) is 3.72. The van der Waals surface area contributed by atoms with E-state index in [2.05, 4.69) is 20.2 Å². The molecule has 0 radical (unpaired) electrons. The zero-order chi connectivity index (χ0) is 15.6. The first kappa shape index (κ1) is 16.6. The molecule has 0 aromatic carbocycles. The van der Waals surface area contributed by atoms with Crippen LogP contribution < -0.4 is 10.2 Å². The fourth-order valence-electron chi connectivity index (χ4n) is 2.56. The minimum atomic E-state index is -0.286. The highest BCUT2D eigenvalue weighted by molar-refractivity contribution is 5.28. The van der Waals surface area contributed by atoms with E-state index in [1.165, 1.54) is 19.3 Å². The molecule has 1 N–H and O–H groups in total. The van der Waals surface area contributed by atoms with E-state index in [1.54, 1.807) is 12.4 Å². The molecule has 0 saturated carbocycles. The summed E-state index contributed by atoms with van der Waals surface area (Å²) >= 11 is 0. The Balaban J connectivity index is 0.000000164. The molecule has 0 aliphatic carbocycles. The van der Waals surface area contributed by atoms with Crippen molar-refractivity contribution in [3.63, 3.8) is 0 Å². The second-order valence-corrected chi connectivity index (χ2v) is 5.44. The molecule has 0 atom stereocenters. The summed E-state index contributed by atoms with van der Waals surface area (Å²) in [6.45, 7) is 5.54. The molecule has 3 rings (SSSR count). The predicted molar refractivity (Wildman–Crippen MR) is 84.4 cm³/mol. The van der Waals surface area contributed by atoms with Crippen LogP contribution in [-0.4, -0.2) is 65.7 Å². The summed E-state index contributed by atoms with van der Waals surface area (Å²) in [7, 11) is 0. The molecule has 2 saturated heterocycles. The van der Waals surface area contributed by atoms with E-state index < -0.39 is 0 Å². The highest BCUT2D eigenvalue weighted by atomic mass is 16.6. The summed E-state index contributed by atoms with van der Waals surface area (Å²) < 4.78 is 0. The molecule has 1 aromatic rings. The number of nitro groups is 1. The number of hydrogen-bond donors (Lipinski definition) is 1. The van der Waals surface area contributed by atoms with Gasteiger partial charge in [0.05, 0.1) is 0 Å². The van der Waals surface area contributed by atoms with Crippen LogP contribution in [0.4, 0.5) is 5.95 Å². The number of nitrogens with zero attached hydrogens (tertiary/aromatic N) is 5. The summed E-state index contributed by atoms with van der Waals surface area (Å²) in [5, 5.41) is 13.1. The lowest BCUT2D eigenvalue weighted by Crippen LogP contribution is -2.45. The molecule has 2 aliphatic heterocycles. The highest BCUT2D eigenvalue weighted by Crippen LogP contribution is 2.13. The molecule has 1 aromatic heterocycles. The molecule has 22 heavy (non-hydrogen) atoms. The third-order valence-electron chi connectivity index (χ3n) is 3.72. The van der Waals surface area contributed by atoms with Gasteiger partial charge in [0.2, 0.25) is 5.95 Å². The van der Waals surface area contributed by atoms with Gasteiger partial charge in [-0.2, -0.15) is 0 Å². The molecule has 2 fully saturated rings. The second-order valence-electron chi connectivity index (χ2n) is 5.44. The number of hydrogen-bond acceptors (Lipinski definition) is 7. The topological polar surface area (TPSA) is 87.4 Å². The summed E-state index contributed by atoms with van der Waals surface area (Å²) in [5.41, 5.74) is 0. The lowest BCUT2D eigenvalue weighted by Gasteiger charge is -2.26. The first-order chi connectivity index (χ1) is 10.8. The van der Waals surface area contributed by atoms with Crippen LogP contribution in [0.5, 0.6) is 0 Å². The second kappa shape index (κ2) is 9.26. The predicted octanol–water partition coefficient (Wildman–Crippen LogP) is 0.593. The van der Waals surface area contributed by atoms with Crippen molar-refractivity contribution < 1.29 is 4.92 Å². The van der Waals surface area contributed by atoms with Gasteiger partial charge in [0.15, 0.2) is 0 Å². The Bertz CT molecular complexity index is 432. The van der Waals surface area contributed by atoms with E-state index in [0.29, 0.717) is 0 Å². The molecule has 0 bridgehead atoms. The van der Waals surface area contributed by atoms with Crippen molar-refractivity contribution in [1.29, 1.82) is 0 Å². The average molecular weight is 308 g/mol. The lowest BCUT2D eigenvalue weighted by atomic mass is 10.1. The van der Waals surface area contributed by atoms with E-state index in [1.807, 2.05) is 11.0 Å². The number of anilines is 1. The molecule has 0 unspecified atom stereocenters. The van der Waals surface area contributed by atoms with Gasteiger partial charge in [-0.3, -0.25) is 10.1 Å². The van der Waals surface area contributed by atoms with Gasteiger partial charge in [-0.25, -0.2) is 14.9 Å². The van der Waals surface area contributed by atoms with E-state index in [-0.39, 0.29) is 11.6 Å². The van der Waals surface area contributed by atoms with Crippen LogP contribution >= 0.6 is 0 Å². The van der Waals surface area contributed by atoms with Gasteiger partial charge in [-0.1, -0.05) is 0 Å². The van der Waals surface area contributed by atoms with Crippen LogP contribution in [0, 0.1) is 10.1 Å². The largest absolute Gasteiger partial charge is 0.341 e. The Morgan fingerprint density at radius 3 is 2.32 bits per heavy atom. The standard InChI is InChI=1S/C9H13N3.C5H11N3O2/c1-2-7-12(8-3-1)9-10-5-4-6-11-9;9-8(10)5-7-3-1-6-2-4-7/h4-6H,1-3,7-8H2;6H,1-5H2. The highest BCUT2D eigenvalue weighted by Gasteiger charge is 2.13. The molecule has 0 spiro atoms. The van der Waals surface area contributed by atoms with Crippen molar-refractivity contribution in [2.45, 2.75) is 19.3 Å². The SMILES string of the molecule is O=[N+]([O-])CN1CCNCC1.c1cnc(N2CCCCC2)nc1. The summed E-state index contributed by atoms with van der Waals surface area (Å²) in [4.78, 5) is 22.2. The normalized spacial score (nSPS) is 19.2. The van der Waals surface area contributed by atoms with Crippen molar-refractivity contribution in [3.05, 3.63) is 28.6 Å². The molecule has 2 aliphatic rings. The van der Waals surface area contributed by atoms with Crippen LogP contribution in [0.3, 0.4) is 0 Å². The molecule has 8 nitrogen and oxygen atoms in total. The number of piperazine rings is 1. The first-order valence-electron chi connectivity index (χ1n) is 7.82. The number of rotatable bonds is 3. The Morgan fingerprint density at radius 1 is 1.09 bits per heavy atom. The van der Waals surface area contributed by atoms with E-state index in [9.17, 15) is 10.1 Å². The van der Waals surface area contributed by atoms with Crippen molar-refractivity contribution >= 4 is 5.95 Å². The Hall–Kier alpha value is -1.80. The minimum Gasteiger partial charge on any atom is -0.341 e. The third kappa shape index (κ3) is 5.90. The number of aromatic nitrogens is 2. The zero-order valence-electron chi connectivity index (χ0n) is 12.9. The molecular weight excluding hydrogens is 284 g/mol. The van der Waals surface area contributed by atoms with Gasteiger partial charge in [0.25, 0.3) is 6.67 Å². The van der Waals surface area contributed by atoms with Crippen LogP contribution in [0.1, 0.15) is 19.3 Å². The zero-order valence-corrected chi connectivity index (χ0v) is 12.9. The van der Waals surface area contributed by atoms with Crippen LogP contribution in [-0.2, 0) is 0 Å². The maximum atomic E-state index is 10.0. The van der Waals surface area contributed by atoms with Gasteiger partial charge in [0.1, 0.15) is 0 Å². The average Bonchev–Trinajstić information content (AvgIpc) is 2.57. The van der Waals surface area contributed by atoms with Crippen molar-refractivity contribution in [2.24, 2.45) is 0 Å². The van der Waals surface area contributed by atoms with E-state index >= 15 is 0 Å². The summed E-state index contributed by atoms with van der Waals surface area (Å²) in [6.07, 6.45) is 7.51. The van der Waals surface area contributed by atoms with Gasteiger partial charge < -0.3 is 10.2 Å². The van der Waals surface area contributed by atoms with Crippen molar-refractivity contribution in [3.8, 4) is 0 Å². The summed E-state index contributed by atoms with van der Waals surface area (Å²) in [5.74, 6) is 0.886. The molecule has 3 heterocycles. The van der Waals surface area contributed by atoms with E-state index in [4.69, 9.17) is 0 Å². The fourth-order valence-corrected chi connectivity index (χ4v) is 2.56. The lowest BCUT2D eigenvalue weighted by molar-refractivity contribution is -0.504. The quantitative estimate of drug-likeness (QED) is 0.646. The molecule has 122 valence electrons. The number of nitrogens with one attached hydrogen (secondary N) is 1. The van der Waals surface area contributed by atoms with Crippen molar-refractivity contribution in [1.82, 2.24) is 20.2 Å². The Kier molecular flexibility index (Phi) is 6.98. The summed E-state index contributed by atoms with van der Waals surface area (Å²) in [6, 6.07) is 1.85. The maximum absolute atomic E-state index is 10.0. The van der Waals surface area contributed by atoms with Crippen LogP contribution in [0.25, 0.3) is 0 Å². The Labute approximate surface area is 130 Å². The maximum Gasteiger partial charge on any atom is 0.259 e. The Morgan fingerprint density at radius 2 is 1.73 bits per heavy atom. The number of piperidine rings is 1. The van der Waals surface area contributed by atoms with Gasteiger partial charge in [0, 0.05) is 56.6 Å². The minimum absolute atomic E-state index is 0.0122. The van der Waals surface area contributed by atoms with Gasteiger partial charge >= 0.3 is 0 Å². The fraction of sp³-hybridized carbons (Fsp3) is 0.714. The van der Waals surface area contributed by atoms with E-state index in [0.717, 1.165) is 45.2 Å². The molecular formula is C14H24N6O2. The molecule has 8 heteroatoms. The first-order valence-corrected chi connectivity index (χ1v) is 7.82. The van der Waals surface area contributed by atoms with Crippen LogP contribution in [0.2, 0.25) is 0 Å². The van der Waals surface area contributed by atoms with Crippen molar-refractivity contribution in [2.75, 3.05) is 50.8 Å². The monoisotopic (exact) mass is 308 g/mol.